The first-order valence-electron chi connectivity index (χ1n) is 7.17. The van der Waals surface area contributed by atoms with Gasteiger partial charge in [-0.1, -0.05) is 6.07 Å². The van der Waals surface area contributed by atoms with Crippen LogP contribution in [-0.4, -0.2) is 38.2 Å². The van der Waals surface area contributed by atoms with Crippen molar-refractivity contribution >= 4 is 41.7 Å². The second kappa shape index (κ2) is 11.7. The van der Waals surface area contributed by atoms with Gasteiger partial charge in [0, 0.05) is 18.8 Å². The van der Waals surface area contributed by atoms with E-state index in [1.165, 1.54) is 19.2 Å². The standard InChI is InChI=1S/C15H22F3N3OS.HI/c1-4-19-14(20-7-8-23-3)21-10-11-5-6-12(22-2)9-13(11)15(16,17)18;/h5-6,9H,4,7-8,10H2,1-3H3,(H2,19,20,21);1H. The van der Waals surface area contributed by atoms with E-state index in [1.807, 2.05) is 13.2 Å². The van der Waals surface area contributed by atoms with E-state index in [2.05, 4.69) is 15.6 Å². The predicted molar refractivity (Wildman–Crippen MR) is 105 cm³/mol. The van der Waals surface area contributed by atoms with E-state index < -0.39 is 11.7 Å². The summed E-state index contributed by atoms with van der Waals surface area (Å²) in [4.78, 5) is 4.23. The molecule has 24 heavy (non-hydrogen) atoms. The van der Waals surface area contributed by atoms with Gasteiger partial charge in [0.05, 0.1) is 19.2 Å². The van der Waals surface area contributed by atoms with Crippen LogP contribution in [0.5, 0.6) is 5.75 Å². The van der Waals surface area contributed by atoms with Gasteiger partial charge >= 0.3 is 6.18 Å². The quantitative estimate of drug-likeness (QED) is 0.272. The lowest BCUT2D eigenvalue weighted by Gasteiger charge is -2.14. The number of rotatable bonds is 7. The minimum absolute atomic E-state index is 0. The Morgan fingerprint density at radius 3 is 2.54 bits per heavy atom. The van der Waals surface area contributed by atoms with Gasteiger partial charge in [0.15, 0.2) is 5.96 Å². The van der Waals surface area contributed by atoms with Crippen LogP contribution in [0.4, 0.5) is 13.2 Å². The number of halogens is 4. The molecule has 0 atom stereocenters. The SMILES string of the molecule is CCNC(=NCc1ccc(OC)cc1C(F)(F)F)NCCSC.I. The van der Waals surface area contributed by atoms with Crippen LogP contribution in [0.25, 0.3) is 0 Å². The third-order valence-electron chi connectivity index (χ3n) is 2.97. The Morgan fingerprint density at radius 2 is 2.00 bits per heavy atom. The number of nitrogens with zero attached hydrogens (tertiary/aromatic N) is 1. The zero-order valence-corrected chi connectivity index (χ0v) is 17.0. The zero-order chi connectivity index (χ0) is 17.3. The van der Waals surface area contributed by atoms with Gasteiger partial charge in [0.2, 0.25) is 0 Å². The summed E-state index contributed by atoms with van der Waals surface area (Å²) in [6, 6.07) is 3.91. The number of methoxy groups -OCH3 is 1. The number of aliphatic imine (C=N–C) groups is 1. The Morgan fingerprint density at radius 1 is 1.29 bits per heavy atom. The first-order chi connectivity index (χ1) is 10.9. The monoisotopic (exact) mass is 477 g/mol. The van der Waals surface area contributed by atoms with E-state index in [9.17, 15) is 13.2 Å². The van der Waals surface area contributed by atoms with E-state index in [0.717, 1.165) is 11.8 Å². The van der Waals surface area contributed by atoms with Crippen molar-refractivity contribution in [1.29, 1.82) is 0 Å². The highest BCUT2D eigenvalue weighted by molar-refractivity contribution is 14.0. The van der Waals surface area contributed by atoms with Crippen molar-refractivity contribution in [1.82, 2.24) is 10.6 Å². The number of hydrogen-bond acceptors (Lipinski definition) is 3. The zero-order valence-electron chi connectivity index (χ0n) is 13.9. The number of hydrogen-bond donors (Lipinski definition) is 2. The van der Waals surface area contributed by atoms with Crippen molar-refractivity contribution in [2.45, 2.75) is 19.6 Å². The molecule has 0 fully saturated rings. The molecule has 0 aliphatic heterocycles. The summed E-state index contributed by atoms with van der Waals surface area (Å²) in [5, 5.41) is 6.10. The van der Waals surface area contributed by atoms with Crippen molar-refractivity contribution in [2.75, 3.05) is 32.2 Å². The van der Waals surface area contributed by atoms with Crippen molar-refractivity contribution < 1.29 is 17.9 Å². The fraction of sp³-hybridized carbons (Fsp3) is 0.533. The maximum absolute atomic E-state index is 13.1. The van der Waals surface area contributed by atoms with Crippen LogP contribution in [0.2, 0.25) is 0 Å². The normalized spacial score (nSPS) is 11.7. The van der Waals surface area contributed by atoms with Gasteiger partial charge in [-0.25, -0.2) is 4.99 Å². The Bertz CT molecular complexity index is 527. The summed E-state index contributed by atoms with van der Waals surface area (Å²) in [7, 11) is 1.34. The van der Waals surface area contributed by atoms with Crippen LogP contribution in [0, 0.1) is 0 Å². The lowest BCUT2D eigenvalue weighted by molar-refractivity contribution is -0.138. The minimum atomic E-state index is -4.44. The second-order valence-corrected chi connectivity index (χ2v) is 5.62. The van der Waals surface area contributed by atoms with Crippen molar-refractivity contribution in [3.63, 3.8) is 0 Å². The van der Waals surface area contributed by atoms with Crippen molar-refractivity contribution in [2.24, 2.45) is 4.99 Å². The van der Waals surface area contributed by atoms with Crippen LogP contribution in [0.1, 0.15) is 18.1 Å². The summed E-state index contributed by atoms with van der Waals surface area (Å²) in [5.74, 6) is 1.57. The molecule has 0 saturated carbocycles. The van der Waals surface area contributed by atoms with Gasteiger partial charge in [-0.05, 0) is 30.9 Å². The fourth-order valence-corrected chi connectivity index (χ4v) is 2.17. The third kappa shape index (κ3) is 7.82. The summed E-state index contributed by atoms with van der Waals surface area (Å²) in [6.45, 7) is 3.18. The molecule has 2 N–H and O–H groups in total. The molecule has 1 aromatic rings. The minimum Gasteiger partial charge on any atom is -0.497 e. The molecular formula is C15H23F3IN3OS. The summed E-state index contributed by atoms with van der Waals surface area (Å²) >= 11 is 1.68. The number of nitrogens with one attached hydrogen (secondary N) is 2. The molecule has 1 aromatic carbocycles. The van der Waals surface area contributed by atoms with Gasteiger partial charge in [0.1, 0.15) is 5.75 Å². The van der Waals surface area contributed by atoms with Crippen LogP contribution in [0.15, 0.2) is 23.2 Å². The molecular weight excluding hydrogens is 454 g/mol. The average Bonchev–Trinajstić information content (AvgIpc) is 2.51. The van der Waals surface area contributed by atoms with Crippen LogP contribution >= 0.6 is 35.7 Å². The maximum Gasteiger partial charge on any atom is 0.416 e. The number of alkyl halides is 3. The van der Waals surface area contributed by atoms with Gasteiger partial charge in [-0.2, -0.15) is 24.9 Å². The lowest BCUT2D eigenvalue weighted by Crippen LogP contribution is -2.38. The third-order valence-corrected chi connectivity index (χ3v) is 3.59. The Labute approximate surface area is 162 Å². The molecule has 1 rings (SSSR count). The van der Waals surface area contributed by atoms with Gasteiger partial charge in [-0.15, -0.1) is 24.0 Å². The second-order valence-electron chi connectivity index (χ2n) is 4.64. The van der Waals surface area contributed by atoms with E-state index in [4.69, 9.17) is 4.74 Å². The Hall–Kier alpha value is -0.840. The highest BCUT2D eigenvalue weighted by atomic mass is 127. The molecule has 0 unspecified atom stereocenters. The summed E-state index contributed by atoms with van der Waals surface area (Å²) < 4.78 is 44.3. The molecule has 0 heterocycles. The fourth-order valence-electron chi connectivity index (χ4n) is 1.86. The highest BCUT2D eigenvalue weighted by Gasteiger charge is 2.33. The van der Waals surface area contributed by atoms with Crippen LogP contribution in [0.3, 0.4) is 0 Å². The molecule has 0 radical (unpaired) electrons. The molecule has 0 aliphatic rings. The number of guanidine groups is 1. The summed E-state index contributed by atoms with van der Waals surface area (Å²) in [5.41, 5.74) is -0.610. The lowest BCUT2D eigenvalue weighted by atomic mass is 10.1. The molecule has 138 valence electrons. The van der Waals surface area contributed by atoms with Crippen molar-refractivity contribution in [3.8, 4) is 5.75 Å². The topological polar surface area (TPSA) is 45.7 Å². The van der Waals surface area contributed by atoms with E-state index in [1.54, 1.807) is 11.8 Å². The largest absolute Gasteiger partial charge is 0.497 e. The van der Waals surface area contributed by atoms with Crippen molar-refractivity contribution in [3.05, 3.63) is 29.3 Å². The van der Waals surface area contributed by atoms with Gasteiger partial charge < -0.3 is 15.4 Å². The molecule has 0 aromatic heterocycles. The van der Waals surface area contributed by atoms with E-state index in [0.29, 0.717) is 19.0 Å². The first-order valence-corrected chi connectivity index (χ1v) is 8.57. The number of benzene rings is 1. The highest BCUT2D eigenvalue weighted by Crippen LogP contribution is 2.34. The van der Waals surface area contributed by atoms with Gasteiger partial charge in [-0.3, -0.25) is 0 Å². The number of thioether (sulfide) groups is 1. The van der Waals surface area contributed by atoms with E-state index in [-0.39, 0.29) is 41.8 Å². The van der Waals surface area contributed by atoms with Gasteiger partial charge in [0.25, 0.3) is 0 Å². The average molecular weight is 477 g/mol. The molecule has 0 saturated heterocycles. The molecule has 0 aliphatic carbocycles. The molecule has 9 heteroatoms. The number of ether oxygens (including phenoxy) is 1. The van der Waals surface area contributed by atoms with Crippen LogP contribution < -0.4 is 15.4 Å². The molecule has 0 bridgehead atoms. The smallest absolute Gasteiger partial charge is 0.416 e. The first kappa shape index (κ1) is 23.2. The Kier molecular flexibility index (Phi) is 11.3. The maximum atomic E-state index is 13.1. The molecule has 4 nitrogen and oxygen atoms in total. The summed E-state index contributed by atoms with van der Waals surface area (Å²) in [6.07, 6.45) is -2.46. The predicted octanol–water partition coefficient (Wildman–Crippen LogP) is 3.75. The molecule has 0 amide bonds. The Balaban J connectivity index is 0.00000529. The molecule has 0 spiro atoms. The van der Waals surface area contributed by atoms with E-state index >= 15 is 0 Å². The van der Waals surface area contributed by atoms with Crippen LogP contribution in [-0.2, 0) is 12.7 Å².